The molecule has 0 amide bonds. The molecule has 7 heteroatoms. The zero-order chi connectivity index (χ0) is 21.3. The van der Waals surface area contributed by atoms with Crippen LogP contribution in [-0.4, -0.2) is 40.7 Å². The maximum absolute atomic E-state index is 12.9. The maximum atomic E-state index is 12.9. The molecule has 3 rings (SSSR count). The van der Waals surface area contributed by atoms with Crippen molar-refractivity contribution in [3.8, 4) is 17.2 Å². The third-order valence-corrected chi connectivity index (χ3v) is 4.75. The van der Waals surface area contributed by atoms with Crippen molar-refractivity contribution < 1.29 is 13.9 Å². The molecule has 158 valence electrons. The molecule has 30 heavy (non-hydrogen) atoms. The molecule has 2 aromatic heterocycles. The van der Waals surface area contributed by atoms with Crippen molar-refractivity contribution in [1.29, 1.82) is 0 Å². The van der Waals surface area contributed by atoms with E-state index in [4.69, 9.17) is 9.47 Å². The zero-order valence-corrected chi connectivity index (χ0v) is 17.3. The quantitative estimate of drug-likeness (QED) is 0.510. The predicted octanol–water partition coefficient (Wildman–Crippen LogP) is 3.67. The lowest BCUT2D eigenvalue weighted by Crippen LogP contribution is -2.27. The number of benzene rings is 1. The van der Waals surface area contributed by atoms with E-state index in [1.165, 1.54) is 16.7 Å². The first kappa shape index (κ1) is 21.5. The first-order valence-electron chi connectivity index (χ1n) is 10.0. The van der Waals surface area contributed by atoms with Gasteiger partial charge in [0.25, 0.3) is 5.56 Å². The van der Waals surface area contributed by atoms with Crippen molar-refractivity contribution in [1.82, 2.24) is 14.5 Å². The molecule has 2 heterocycles. The first-order valence-corrected chi connectivity index (χ1v) is 10.0. The Morgan fingerprint density at radius 1 is 1.00 bits per heavy atom. The number of nitrogens with zero attached hydrogens (tertiary/aromatic N) is 3. The number of hydrogen-bond donors (Lipinski definition) is 0. The summed E-state index contributed by atoms with van der Waals surface area (Å²) in [5.74, 6) is 0.797. The van der Waals surface area contributed by atoms with Crippen LogP contribution >= 0.6 is 0 Å². The van der Waals surface area contributed by atoms with E-state index in [0.29, 0.717) is 18.1 Å². The standard InChI is InChI=1S/C23H26FN3O3/c1-3-26(4-2)13-14-29-21-9-7-20(8-10-21)27-12-11-22(15-23(27)28)30-17-19-6-5-18(24)16-25-19/h5-12,15-16H,3-4,13-14,17H2,1-2H3. The summed E-state index contributed by atoms with van der Waals surface area (Å²) in [6.45, 7) is 7.92. The van der Waals surface area contributed by atoms with E-state index in [1.54, 1.807) is 18.3 Å². The molecular weight excluding hydrogens is 385 g/mol. The zero-order valence-electron chi connectivity index (χ0n) is 17.3. The summed E-state index contributed by atoms with van der Waals surface area (Å²) in [5, 5.41) is 0. The van der Waals surface area contributed by atoms with Gasteiger partial charge in [-0.2, -0.15) is 0 Å². The van der Waals surface area contributed by atoms with Crippen LogP contribution in [0.25, 0.3) is 5.69 Å². The van der Waals surface area contributed by atoms with Crippen molar-refractivity contribution in [2.75, 3.05) is 26.2 Å². The minimum atomic E-state index is -0.401. The molecule has 0 aliphatic rings. The van der Waals surface area contributed by atoms with Crippen LogP contribution in [0.5, 0.6) is 11.5 Å². The molecule has 0 radical (unpaired) electrons. The SMILES string of the molecule is CCN(CC)CCOc1ccc(-n2ccc(OCc3ccc(F)cn3)cc2=O)cc1. The van der Waals surface area contributed by atoms with E-state index in [2.05, 4.69) is 23.7 Å². The highest BCUT2D eigenvalue weighted by atomic mass is 19.1. The average molecular weight is 411 g/mol. The second-order valence-electron chi connectivity index (χ2n) is 6.70. The summed E-state index contributed by atoms with van der Waals surface area (Å²) < 4.78 is 25.8. The number of ether oxygens (including phenoxy) is 2. The first-order chi connectivity index (χ1) is 14.6. The Bertz CT molecular complexity index is 984. The minimum absolute atomic E-state index is 0.156. The number of rotatable bonds is 10. The summed E-state index contributed by atoms with van der Waals surface area (Å²) in [5.41, 5.74) is 1.11. The van der Waals surface area contributed by atoms with Crippen LogP contribution in [0.3, 0.4) is 0 Å². The van der Waals surface area contributed by atoms with E-state index >= 15 is 0 Å². The summed E-state index contributed by atoms with van der Waals surface area (Å²) in [6.07, 6.45) is 2.79. The van der Waals surface area contributed by atoms with Gasteiger partial charge in [0.15, 0.2) is 0 Å². The fourth-order valence-corrected chi connectivity index (χ4v) is 2.95. The topological polar surface area (TPSA) is 56.6 Å². The van der Waals surface area contributed by atoms with Gasteiger partial charge in [0.1, 0.15) is 30.5 Å². The molecule has 0 saturated heterocycles. The van der Waals surface area contributed by atoms with Crippen LogP contribution < -0.4 is 15.0 Å². The maximum Gasteiger partial charge on any atom is 0.258 e. The lowest BCUT2D eigenvalue weighted by molar-refractivity contribution is 0.223. The Labute approximate surface area is 175 Å². The number of hydrogen-bond acceptors (Lipinski definition) is 5. The second kappa shape index (κ2) is 10.5. The normalized spacial score (nSPS) is 10.9. The lowest BCUT2D eigenvalue weighted by Gasteiger charge is -2.18. The molecule has 0 unspecified atom stereocenters. The highest BCUT2D eigenvalue weighted by Gasteiger charge is 2.05. The van der Waals surface area contributed by atoms with Crippen molar-refractivity contribution in [2.45, 2.75) is 20.5 Å². The van der Waals surface area contributed by atoms with Gasteiger partial charge in [-0.15, -0.1) is 0 Å². The van der Waals surface area contributed by atoms with E-state index in [0.717, 1.165) is 37.3 Å². The van der Waals surface area contributed by atoms with Gasteiger partial charge in [0.05, 0.1) is 11.9 Å². The fourth-order valence-electron chi connectivity index (χ4n) is 2.95. The van der Waals surface area contributed by atoms with Gasteiger partial charge in [-0.3, -0.25) is 14.3 Å². The largest absolute Gasteiger partial charge is 0.492 e. The van der Waals surface area contributed by atoms with E-state index in [9.17, 15) is 9.18 Å². The smallest absolute Gasteiger partial charge is 0.258 e. The fraction of sp³-hybridized carbons (Fsp3) is 0.304. The summed E-state index contributed by atoms with van der Waals surface area (Å²) in [6, 6.07) is 13.4. The molecule has 0 fully saturated rings. The van der Waals surface area contributed by atoms with Gasteiger partial charge in [0.2, 0.25) is 0 Å². The summed E-state index contributed by atoms with van der Waals surface area (Å²) in [4.78, 5) is 18.7. The van der Waals surface area contributed by atoms with Gasteiger partial charge in [-0.05, 0) is 55.6 Å². The molecular formula is C23H26FN3O3. The molecule has 0 atom stereocenters. The Balaban J connectivity index is 1.59. The Hall–Kier alpha value is -3.19. The molecule has 1 aromatic carbocycles. The molecule has 3 aromatic rings. The lowest BCUT2D eigenvalue weighted by atomic mass is 10.3. The minimum Gasteiger partial charge on any atom is -0.492 e. The van der Waals surface area contributed by atoms with Gasteiger partial charge in [-0.25, -0.2) is 4.39 Å². The van der Waals surface area contributed by atoms with Crippen molar-refractivity contribution in [3.63, 3.8) is 0 Å². The van der Waals surface area contributed by atoms with Crippen molar-refractivity contribution in [2.24, 2.45) is 0 Å². The Kier molecular flexibility index (Phi) is 7.57. The molecule has 0 N–H and O–H groups in total. The van der Waals surface area contributed by atoms with Crippen LogP contribution in [0.1, 0.15) is 19.5 Å². The number of aromatic nitrogens is 2. The highest BCUT2D eigenvalue weighted by Crippen LogP contribution is 2.16. The second-order valence-corrected chi connectivity index (χ2v) is 6.70. The molecule has 0 saturated carbocycles. The highest BCUT2D eigenvalue weighted by molar-refractivity contribution is 5.38. The van der Waals surface area contributed by atoms with Crippen LogP contribution in [0.2, 0.25) is 0 Å². The van der Waals surface area contributed by atoms with Gasteiger partial charge < -0.3 is 14.4 Å². The van der Waals surface area contributed by atoms with Gasteiger partial charge >= 0.3 is 0 Å². The van der Waals surface area contributed by atoms with Crippen LogP contribution in [-0.2, 0) is 6.61 Å². The van der Waals surface area contributed by atoms with Crippen LogP contribution in [0, 0.1) is 5.82 Å². The molecule has 0 aliphatic carbocycles. The van der Waals surface area contributed by atoms with E-state index < -0.39 is 5.82 Å². The van der Waals surface area contributed by atoms with Crippen LogP contribution in [0.15, 0.2) is 65.7 Å². The van der Waals surface area contributed by atoms with Crippen LogP contribution in [0.4, 0.5) is 4.39 Å². The third kappa shape index (κ3) is 5.90. The molecule has 6 nitrogen and oxygen atoms in total. The van der Waals surface area contributed by atoms with E-state index in [-0.39, 0.29) is 12.2 Å². The monoisotopic (exact) mass is 411 g/mol. The molecule has 0 aliphatic heterocycles. The summed E-state index contributed by atoms with van der Waals surface area (Å²) >= 11 is 0. The van der Waals surface area contributed by atoms with Gasteiger partial charge in [0, 0.05) is 24.5 Å². The average Bonchev–Trinajstić information content (AvgIpc) is 2.77. The molecule has 0 spiro atoms. The Morgan fingerprint density at radius 2 is 1.77 bits per heavy atom. The van der Waals surface area contributed by atoms with Crippen molar-refractivity contribution in [3.05, 3.63) is 82.8 Å². The number of pyridine rings is 2. The number of likely N-dealkylation sites (N-methyl/N-ethyl adjacent to an activating group) is 1. The summed E-state index contributed by atoms with van der Waals surface area (Å²) in [7, 11) is 0. The molecule has 0 bridgehead atoms. The van der Waals surface area contributed by atoms with Crippen molar-refractivity contribution >= 4 is 0 Å². The predicted molar refractivity (Wildman–Crippen MR) is 114 cm³/mol. The Morgan fingerprint density at radius 3 is 2.40 bits per heavy atom. The third-order valence-electron chi connectivity index (χ3n) is 4.75. The number of halogens is 1. The van der Waals surface area contributed by atoms with Gasteiger partial charge in [-0.1, -0.05) is 13.8 Å². The van der Waals surface area contributed by atoms with E-state index in [1.807, 2.05) is 24.3 Å².